The van der Waals surface area contributed by atoms with Crippen molar-refractivity contribution in [1.29, 1.82) is 0 Å². The van der Waals surface area contributed by atoms with Crippen LogP contribution < -0.4 is 10.6 Å². The molecule has 0 heterocycles. The summed E-state index contributed by atoms with van der Waals surface area (Å²) in [7, 11) is 0. The lowest BCUT2D eigenvalue weighted by Gasteiger charge is -2.10. The minimum atomic E-state index is -0.580. The van der Waals surface area contributed by atoms with E-state index in [2.05, 4.69) is 10.6 Å². The zero-order valence-electron chi connectivity index (χ0n) is 11.2. The van der Waals surface area contributed by atoms with E-state index in [1.807, 2.05) is 31.2 Å². The van der Waals surface area contributed by atoms with Crippen molar-refractivity contribution >= 4 is 29.1 Å². The van der Waals surface area contributed by atoms with Crippen LogP contribution in [0, 0.1) is 0 Å². The van der Waals surface area contributed by atoms with Crippen LogP contribution in [0.2, 0.25) is 0 Å². The molecule has 0 aromatic heterocycles. The first-order valence-electron chi connectivity index (χ1n) is 6.34. The van der Waals surface area contributed by atoms with Gasteiger partial charge < -0.3 is 10.6 Å². The molecule has 0 spiro atoms. The van der Waals surface area contributed by atoms with Crippen molar-refractivity contribution in [2.45, 2.75) is 32.1 Å². The Balaban J connectivity index is 2.41. The molecular weight excluding hydrogens is 264 g/mol. The Bertz CT molecular complexity index is 447. The van der Waals surface area contributed by atoms with Crippen LogP contribution >= 0.6 is 11.6 Å². The van der Waals surface area contributed by atoms with Crippen LogP contribution in [0.4, 0.5) is 5.69 Å². The number of anilines is 1. The Hall–Kier alpha value is -1.55. The third-order valence-electron chi connectivity index (χ3n) is 2.68. The Morgan fingerprint density at radius 2 is 2.00 bits per heavy atom. The number of hydrogen-bond donors (Lipinski definition) is 2. The van der Waals surface area contributed by atoms with Crippen molar-refractivity contribution in [2.24, 2.45) is 0 Å². The highest BCUT2D eigenvalue weighted by Gasteiger charge is 2.09. The summed E-state index contributed by atoms with van der Waals surface area (Å²) in [6, 6.07) is 7.67. The summed E-state index contributed by atoms with van der Waals surface area (Å²) >= 11 is 5.60. The van der Waals surface area contributed by atoms with Gasteiger partial charge >= 0.3 is 0 Å². The van der Waals surface area contributed by atoms with Gasteiger partial charge in [-0.2, -0.15) is 0 Å². The number of hydrogen-bond acceptors (Lipinski definition) is 2. The zero-order valence-corrected chi connectivity index (χ0v) is 12.0. The van der Waals surface area contributed by atoms with Crippen molar-refractivity contribution in [3.63, 3.8) is 0 Å². The maximum absolute atomic E-state index is 11.7. The molecule has 1 rings (SSSR count). The lowest BCUT2D eigenvalue weighted by Crippen LogP contribution is -2.32. The molecule has 0 aliphatic carbocycles. The van der Waals surface area contributed by atoms with E-state index < -0.39 is 5.38 Å². The summed E-state index contributed by atoms with van der Waals surface area (Å²) in [5.41, 5.74) is 1.92. The van der Waals surface area contributed by atoms with E-state index >= 15 is 0 Å². The molecule has 0 aliphatic rings. The molecule has 1 atom stereocenters. The first-order valence-corrected chi connectivity index (χ1v) is 6.77. The Labute approximate surface area is 118 Å². The number of para-hydroxylation sites is 1. The van der Waals surface area contributed by atoms with Gasteiger partial charge in [-0.15, -0.1) is 11.6 Å². The second-order valence-electron chi connectivity index (χ2n) is 4.22. The molecule has 4 nitrogen and oxygen atoms in total. The minimum Gasteiger partial charge on any atom is -0.354 e. The topological polar surface area (TPSA) is 58.2 Å². The summed E-state index contributed by atoms with van der Waals surface area (Å²) in [6.45, 7) is 3.91. The van der Waals surface area contributed by atoms with Gasteiger partial charge in [0.15, 0.2) is 0 Å². The third kappa shape index (κ3) is 5.30. The van der Waals surface area contributed by atoms with Gasteiger partial charge in [-0.3, -0.25) is 9.59 Å². The summed E-state index contributed by atoms with van der Waals surface area (Å²) < 4.78 is 0. The number of halogens is 1. The number of nitrogens with one attached hydrogen (secondary N) is 2. The molecule has 1 aromatic carbocycles. The number of carbonyl (C=O) groups excluding carboxylic acids is 2. The molecule has 0 bridgehead atoms. The maximum Gasteiger partial charge on any atom is 0.237 e. The van der Waals surface area contributed by atoms with Crippen LogP contribution in [-0.4, -0.2) is 23.7 Å². The van der Waals surface area contributed by atoms with E-state index in [1.54, 1.807) is 6.92 Å². The molecule has 1 unspecified atom stereocenters. The SMILES string of the molecule is CCc1ccccc1NC(=O)CCNC(=O)C(C)Cl. The zero-order chi connectivity index (χ0) is 14.3. The van der Waals surface area contributed by atoms with E-state index in [0.29, 0.717) is 0 Å². The molecule has 2 amide bonds. The molecule has 19 heavy (non-hydrogen) atoms. The van der Waals surface area contributed by atoms with Gasteiger partial charge in [0.25, 0.3) is 0 Å². The average molecular weight is 283 g/mol. The molecular formula is C14H19ClN2O2. The van der Waals surface area contributed by atoms with Gasteiger partial charge in [0.05, 0.1) is 0 Å². The maximum atomic E-state index is 11.7. The van der Waals surface area contributed by atoms with Crippen molar-refractivity contribution in [3.8, 4) is 0 Å². The van der Waals surface area contributed by atoms with Crippen molar-refractivity contribution in [1.82, 2.24) is 5.32 Å². The van der Waals surface area contributed by atoms with E-state index in [4.69, 9.17) is 11.6 Å². The summed E-state index contributed by atoms with van der Waals surface area (Å²) in [6.07, 6.45) is 1.09. The van der Waals surface area contributed by atoms with Gasteiger partial charge in [0.1, 0.15) is 5.38 Å². The lowest BCUT2D eigenvalue weighted by atomic mass is 10.1. The fourth-order valence-electron chi connectivity index (χ4n) is 1.60. The average Bonchev–Trinajstić information content (AvgIpc) is 2.39. The fourth-order valence-corrected chi connectivity index (χ4v) is 1.68. The van der Waals surface area contributed by atoms with Crippen LogP contribution in [-0.2, 0) is 16.0 Å². The molecule has 0 aliphatic heterocycles. The van der Waals surface area contributed by atoms with E-state index in [-0.39, 0.29) is 24.8 Å². The normalized spacial score (nSPS) is 11.7. The molecule has 104 valence electrons. The van der Waals surface area contributed by atoms with Gasteiger partial charge in [-0.25, -0.2) is 0 Å². The van der Waals surface area contributed by atoms with Gasteiger partial charge in [0.2, 0.25) is 11.8 Å². The Morgan fingerprint density at radius 1 is 1.32 bits per heavy atom. The molecule has 0 radical (unpaired) electrons. The number of amides is 2. The van der Waals surface area contributed by atoms with Gasteiger partial charge in [-0.1, -0.05) is 25.1 Å². The Morgan fingerprint density at radius 3 is 2.63 bits per heavy atom. The van der Waals surface area contributed by atoms with Crippen LogP contribution in [0.1, 0.15) is 25.8 Å². The molecule has 5 heteroatoms. The summed E-state index contributed by atoms with van der Waals surface area (Å²) in [5.74, 6) is -0.383. The number of aryl methyl sites for hydroxylation is 1. The number of rotatable bonds is 6. The smallest absolute Gasteiger partial charge is 0.237 e. The monoisotopic (exact) mass is 282 g/mol. The molecule has 1 aromatic rings. The molecule has 0 fully saturated rings. The highest BCUT2D eigenvalue weighted by Crippen LogP contribution is 2.15. The molecule has 2 N–H and O–H groups in total. The molecule has 0 saturated heterocycles. The van der Waals surface area contributed by atoms with E-state index in [1.165, 1.54) is 0 Å². The highest BCUT2D eigenvalue weighted by atomic mass is 35.5. The third-order valence-corrected chi connectivity index (χ3v) is 2.88. The quantitative estimate of drug-likeness (QED) is 0.787. The molecule has 0 saturated carbocycles. The highest BCUT2D eigenvalue weighted by molar-refractivity contribution is 6.30. The van der Waals surface area contributed by atoms with Crippen LogP contribution in [0.15, 0.2) is 24.3 Å². The van der Waals surface area contributed by atoms with Crippen LogP contribution in [0.3, 0.4) is 0 Å². The second kappa shape index (κ2) is 7.79. The minimum absolute atomic E-state index is 0.122. The van der Waals surface area contributed by atoms with E-state index in [0.717, 1.165) is 17.7 Å². The van der Waals surface area contributed by atoms with Crippen LogP contribution in [0.5, 0.6) is 0 Å². The predicted molar refractivity (Wildman–Crippen MR) is 77.4 cm³/mol. The number of carbonyl (C=O) groups is 2. The summed E-state index contributed by atoms with van der Waals surface area (Å²) in [4.78, 5) is 22.9. The van der Waals surface area contributed by atoms with Crippen molar-refractivity contribution in [2.75, 3.05) is 11.9 Å². The second-order valence-corrected chi connectivity index (χ2v) is 4.87. The lowest BCUT2D eigenvalue weighted by molar-refractivity contribution is -0.120. The van der Waals surface area contributed by atoms with E-state index in [9.17, 15) is 9.59 Å². The van der Waals surface area contributed by atoms with Crippen molar-refractivity contribution in [3.05, 3.63) is 29.8 Å². The summed E-state index contributed by atoms with van der Waals surface area (Å²) in [5, 5.41) is 4.86. The fraction of sp³-hybridized carbons (Fsp3) is 0.429. The largest absolute Gasteiger partial charge is 0.354 e. The predicted octanol–water partition coefficient (Wildman–Crippen LogP) is 2.32. The number of alkyl halides is 1. The Kier molecular flexibility index (Phi) is 6.36. The van der Waals surface area contributed by atoms with Gasteiger partial charge in [0, 0.05) is 18.7 Å². The first kappa shape index (κ1) is 15.5. The van der Waals surface area contributed by atoms with Gasteiger partial charge in [-0.05, 0) is 25.0 Å². The number of benzene rings is 1. The van der Waals surface area contributed by atoms with Crippen molar-refractivity contribution < 1.29 is 9.59 Å². The standard InChI is InChI=1S/C14H19ClN2O2/c1-3-11-6-4-5-7-12(11)17-13(18)8-9-16-14(19)10(2)15/h4-7,10H,3,8-9H2,1-2H3,(H,16,19)(H,17,18). The first-order chi connectivity index (χ1) is 9.04. The van der Waals surface area contributed by atoms with Crippen LogP contribution in [0.25, 0.3) is 0 Å².